The molecule has 0 amide bonds. The second-order valence-electron chi connectivity index (χ2n) is 6.51. The van der Waals surface area contributed by atoms with Crippen LogP contribution in [0.4, 0.5) is 5.95 Å². The monoisotopic (exact) mass is 291 g/mol. The third-order valence-electron chi connectivity index (χ3n) is 4.53. The van der Waals surface area contributed by atoms with E-state index in [1.54, 1.807) is 0 Å². The van der Waals surface area contributed by atoms with Crippen molar-refractivity contribution in [3.05, 3.63) is 18.0 Å². The largest absolute Gasteiger partial charge is 0.368 e. The van der Waals surface area contributed by atoms with E-state index >= 15 is 0 Å². The number of nitrogens with zero attached hydrogens (tertiary/aromatic N) is 2. The number of nitrogens with two attached hydrogens (primary N) is 1. The Morgan fingerprint density at radius 3 is 1.76 bits per heavy atom. The van der Waals surface area contributed by atoms with Crippen molar-refractivity contribution in [2.45, 2.75) is 90.4 Å². The summed E-state index contributed by atoms with van der Waals surface area (Å²) in [6, 6.07) is 0. The molecule has 21 heavy (non-hydrogen) atoms. The number of hydrogen-bond donors (Lipinski definition) is 1. The van der Waals surface area contributed by atoms with Crippen LogP contribution in [0.5, 0.6) is 0 Å². The summed E-state index contributed by atoms with van der Waals surface area (Å²) in [6.07, 6.45) is 16.8. The van der Waals surface area contributed by atoms with Crippen molar-refractivity contribution in [1.29, 1.82) is 0 Å². The summed E-state index contributed by atoms with van der Waals surface area (Å²) in [7, 11) is 0. The summed E-state index contributed by atoms with van der Waals surface area (Å²) >= 11 is 0. The minimum atomic E-state index is 0.204. The Balaban J connectivity index is 2.65. The van der Waals surface area contributed by atoms with Crippen molar-refractivity contribution < 1.29 is 0 Å². The number of hydrogen-bond acceptors (Lipinski definition) is 3. The van der Waals surface area contributed by atoms with E-state index in [1.165, 1.54) is 69.8 Å². The zero-order valence-corrected chi connectivity index (χ0v) is 14.2. The lowest BCUT2D eigenvalue weighted by Crippen LogP contribution is -2.23. The zero-order valence-electron chi connectivity index (χ0n) is 14.2. The fraction of sp³-hybridized carbons (Fsp3) is 0.778. The first-order valence-corrected chi connectivity index (χ1v) is 8.70. The molecule has 0 bridgehead atoms. The minimum Gasteiger partial charge on any atom is -0.368 e. The fourth-order valence-electron chi connectivity index (χ4n) is 2.95. The molecule has 0 atom stereocenters. The van der Waals surface area contributed by atoms with Crippen molar-refractivity contribution in [3.63, 3.8) is 0 Å². The van der Waals surface area contributed by atoms with E-state index in [0.29, 0.717) is 5.95 Å². The van der Waals surface area contributed by atoms with Crippen LogP contribution in [0.3, 0.4) is 0 Å². The van der Waals surface area contributed by atoms with Gasteiger partial charge in [-0.25, -0.2) is 9.97 Å². The Morgan fingerprint density at radius 1 is 0.857 bits per heavy atom. The van der Waals surface area contributed by atoms with Gasteiger partial charge in [-0.05, 0) is 23.8 Å². The maximum absolute atomic E-state index is 5.63. The van der Waals surface area contributed by atoms with Crippen molar-refractivity contribution >= 4 is 5.95 Å². The zero-order chi connectivity index (χ0) is 15.6. The molecule has 3 nitrogen and oxygen atoms in total. The van der Waals surface area contributed by atoms with E-state index in [9.17, 15) is 0 Å². The average Bonchev–Trinajstić information content (AvgIpc) is 2.49. The van der Waals surface area contributed by atoms with Crippen LogP contribution in [0.1, 0.15) is 90.5 Å². The highest BCUT2D eigenvalue weighted by atomic mass is 15.0. The molecular formula is C18H33N3. The first-order valence-electron chi connectivity index (χ1n) is 8.70. The van der Waals surface area contributed by atoms with Gasteiger partial charge >= 0.3 is 0 Å². The summed E-state index contributed by atoms with van der Waals surface area (Å²) in [5.74, 6) is 0.373. The smallest absolute Gasteiger partial charge is 0.219 e. The molecule has 0 fully saturated rings. The highest BCUT2D eigenvalue weighted by molar-refractivity contribution is 5.23. The van der Waals surface area contributed by atoms with Gasteiger partial charge in [0.15, 0.2) is 0 Å². The molecule has 0 aliphatic rings. The number of unbranched alkanes of at least 4 members (excludes halogenated alkanes) is 6. The Labute approximate surface area is 130 Å². The molecule has 0 unspecified atom stereocenters. The predicted octanol–water partition coefficient (Wildman–Crippen LogP) is 5.26. The van der Waals surface area contributed by atoms with Crippen molar-refractivity contribution in [1.82, 2.24) is 9.97 Å². The molecular weight excluding hydrogens is 258 g/mol. The number of nitrogen functional groups attached to an aromatic ring is 1. The Bertz CT molecular complexity index is 361. The third-order valence-corrected chi connectivity index (χ3v) is 4.53. The van der Waals surface area contributed by atoms with E-state index in [4.69, 9.17) is 5.73 Å². The lowest BCUT2D eigenvalue weighted by Gasteiger charge is -2.30. The number of anilines is 1. The van der Waals surface area contributed by atoms with Gasteiger partial charge in [-0.2, -0.15) is 0 Å². The van der Waals surface area contributed by atoms with Crippen LogP contribution in [0.25, 0.3) is 0 Å². The van der Waals surface area contributed by atoms with Gasteiger partial charge in [0.05, 0.1) is 0 Å². The molecule has 1 heterocycles. The minimum absolute atomic E-state index is 0.204. The lowest BCUT2D eigenvalue weighted by molar-refractivity contribution is 0.362. The quantitative estimate of drug-likeness (QED) is 0.566. The Morgan fingerprint density at radius 2 is 1.33 bits per heavy atom. The fourth-order valence-corrected chi connectivity index (χ4v) is 2.95. The van der Waals surface area contributed by atoms with Crippen molar-refractivity contribution in [2.24, 2.45) is 0 Å². The van der Waals surface area contributed by atoms with E-state index in [2.05, 4.69) is 30.7 Å². The van der Waals surface area contributed by atoms with Gasteiger partial charge in [-0.1, -0.05) is 72.1 Å². The van der Waals surface area contributed by atoms with Crippen LogP contribution in [0.2, 0.25) is 0 Å². The van der Waals surface area contributed by atoms with Crippen LogP contribution in [-0.2, 0) is 5.41 Å². The Kier molecular flexibility index (Phi) is 8.33. The molecule has 1 rings (SSSR count). The summed E-state index contributed by atoms with van der Waals surface area (Å²) in [6.45, 7) is 6.90. The van der Waals surface area contributed by atoms with E-state index in [1.807, 2.05) is 12.4 Å². The summed E-state index contributed by atoms with van der Waals surface area (Å²) in [4.78, 5) is 8.40. The lowest BCUT2D eigenvalue weighted by atomic mass is 9.75. The van der Waals surface area contributed by atoms with Gasteiger partial charge in [0, 0.05) is 12.4 Å². The number of rotatable bonds is 11. The van der Waals surface area contributed by atoms with Gasteiger partial charge in [0.25, 0.3) is 0 Å². The van der Waals surface area contributed by atoms with Gasteiger partial charge in [0.1, 0.15) is 0 Å². The molecule has 0 radical (unpaired) electrons. The van der Waals surface area contributed by atoms with Crippen LogP contribution in [0.15, 0.2) is 12.4 Å². The van der Waals surface area contributed by atoms with E-state index in [-0.39, 0.29) is 5.41 Å². The molecule has 3 heteroatoms. The first kappa shape index (κ1) is 17.9. The van der Waals surface area contributed by atoms with Crippen LogP contribution in [-0.4, -0.2) is 9.97 Å². The van der Waals surface area contributed by atoms with Crippen LogP contribution in [0, 0.1) is 0 Å². The highest BCUT2D eigenvalue weighted by Gasteiger charge is 2.26. The second-order valence-corrected chi connectivity index (χ2v) is 6.51. The molecule has 0 aliphatic carbocycles. The summed E-state index contributed by atoms with van der Waals surface area (Å²) in [5, 5.41) is 0. The van der Waals surface area contributed by atoms with Crippen molar-refractivity contribution in [3.8, 4) is 0 Å². The van der Waals surface area contributed by atoms with E-state index in [0.717, 1.165) is 0 Å². The molecule has 1 aromatic rings. The maximum Gasteiger partial charge on any atom is 0.219 e. The van der Waals surface area contributed by atoms with Crippen LogP contribution >= 0.6 is 0 Å². The average molecular weight is 291 g/mol. The van der Waals surface area contributed by atoms with Gasteiger partial charge in [-0.3, -0.25) is 0 Å². The maximum atomic E-state index is 5.63. The van der Waals surface area contributed by atoms with Crippen molar-refractivity contribution in [2.75, 3.05) is 5.73 Å². The normalized spacial score (nSPS) is 11.8. The molecule has 0 saturated heterocycles. The van der Waals surface area contributed by atoms with Gasteiger partial charge in [0.2, 0.25) is 5.95 Å². The molecule has 2 N–H and O–H groups in total. The van der Waals surface area contributed by atoms with Gasteiger partial charge in [-0.15, -0.1) is 0 Å². The topological polar surface area (TPSA) is 51.8 Å². The highest BCUT2D eigenvalue weighted by Crippen LogP contribution is 2.34. The van der Waals surface area contributed by atoms with Crippen LogP contribution < -0.4 is 5.73 Å². The summed E-state index contributed by atoms with van der Waals surface area (Å²) in [5.41, 5.74) is 7.08. The summed E-state index contributed by atoms with van der Waals surface area (Å²) < 4.78 is 0. The molecule has 0 saturated carbocycles. The molecule has 0 spiro atoms. The SMILES string of the molecule is CCCCCCC(C)(CCCCCC)c1cnc(N)nc1. The molecule has 120 valence electrons. The first-order chi connectivity index (χ1) is 10.1. The van der Waals surface area contributed by atoms with E-state index < -0.39 is 0 Å². The standard InChI is InChI=1S/C18H33N3/c1-4-6-8-10-12-18(3,13-11-9-7-5-2)16-14-20-17(19)21-15-16/h14-15H,4-13H2,1-3H3,(H2,19,20,21). The molecule has 1 aromatic heterocycles. The second kappa shape index (κ2) is 9.75. The molecule has 0 aromatic carbocycles. The third kappa shape index (κ3) is 6.45. The van der Waals surface area contributed by atoms with Gasteiger partial charge < -0.3 is 5.73 Å². The number of aromatic nitrogens is 2. The molecule has 0 aliphatic heterocycles. The Hall–Kier alpha value is -1.12. The predicted molar refractivity (Wildman–Crippen MR) is 91.3 cm³/mol.